The zero-order valence-corrected chi connectivity index (χ0v) is 21.1. The van der Waals surface area contributed by atoms with Gasteiger partial charge in [0.2, 0.25) is 11.8 Å². The molecule has 5 heterocycles. The Hall–Kier alpha value is -2.27. The highest BCUT2D eigenvalue weighted by Crippen LogP contribution is 2.54. The van der Waals surface area contributed by atoms with Crippen molar-refractivity contribution in [1.29, 1.82) is 0 Å². The molecule has 5 rings (SSSR count). The fraction of sp³-hybridized carbons (Fsp3) is 0.731. The molecule has 1 N–H and O–H groups in total. The fourth-order valence-electron chi connectivity index (χ4n) is 6.41. The summed E-state index contributed by atoms with van der Waals surface area (Å²) >= 11 is 0. The van der Waals surface area contributed by atoms with E-state index in [1.807, 2.05) is 26.0 Å². The van der Waals surface area contributed by atoms with E-state index in [1.54, 1.807) is 17.1 Å². The molecule has 7 atom stereocenters. The third kappa shape index (κ3) is 4.08. The molecule has 3 fully saturated rings. The smallest absolute Gasteiger partial charge is 0.313 e. The van der Waals surface area contributed by atoms with Gasteiger partial charge in [-0.1, -0.05) is 38.5 Å². The quantitative estimate of drug-likeness (QED) is 0.377. The molecule has 0 aromatic heterocycles. The topological polar surface area (TPSA) is 109 Å². The zero-order chi connectivity index (χ0) is 25.4. The molecule has 0 bridgehead atoms. The minimum atomic E-state index is -1.29. The van der Waals surface area contributed by atoms with Gasteiger partial charge < -0.3 is 29.1 Å². The Balaban J connectivity index is 1.52. The van der Waals surface area contributed by atoms with Crippen LogP contribution in [0.4, 0.5) is 0 Å². The summed E-state index contributed by atoms with van der Waals surface area (Å²) in [6, 6.07) is -1.52. The number of rotatable bonds is 7. The van der Waals surface area contributed by atoms with Crippen molar-refractivity contribution in [3.05, 3.63) is 24.3 Å². The normalized spacial score (nSPS) is 36.1. The first-order chi connectivity index (χ1) is 17.4. The molecular formula is C26H37N3O7. The summed E-state index contributed by atoms with van der Waals surface area (Å²) in [6.45, 7) is 8.41. The average molecular weight is 504 g/mol. The highest BCUT2D eigenvalue weighted by molar-refractivity contribution is 5.99. The van der Waals surface area contributed by atoms with Crippen molar-refractivity contribution in [3.63, 3.8) is 0 Å². The van der Waals surface area contributed by atoms with Crippen LogP contribution in [0.25, 0.3) is 0 Å². The van der Waals surface area contributed by atoms with Crippen LogP contribution < -0.4 is 0 Å². The molecule has 198 valence electrons. The van der Waals surface area contributed by atoms with Gasteiger partial charge in [0.25, 0.3) is 0 Å². The Morgan fingerprint density at radius 3 is 2.64 bits per heavy atom. The number of aliphatic hydroxyl groups excluding tert-OH is 1. The zero-order valence-electron chi connectivity index (χ0n) is 21.1. The van der Waals surface area contributed by atoms with E-state index in [4.69, 9.17) is 14.2 Å². The monoisotopic (exact) mass is 503 g/mol. The van der Waals surface area contributed by atoms with Gasteiger partial charge in [-0.05, 0) is 12.0 Å². The Kier molecular flexibility index (Phi) is 7.22. The number of hydrogen-bond acceptors (Lipinski definition) is 8. The number of amides is 2. The van der Waals surface area contributed by atoms with Crippen molar-refractivity contribution in [2.75, 3.05) is 59.2 Å². The van der Waals surface area contributed by atoms with E-state index >= 15 is 0 Å². The molecule has 10 heteroatoms. The second-order valence-corrected chi connectivity index (χ2v) is 10.4. The van der Waals surface area contributed by atoms with E-state index in [2.05, 4.69) is 4.90 Å². The maximum Gasteiger partial charge on any atom is 0.313 e. The summed E-state index contributed by atoms with van der Waals surface area (Å²) in [5.41, 5.74) is -1.29. The molecule has 1 spiro atoms. The number of ether oxygens (including phenoxy) is 3. The predicted molar refractivity (Wildman–Crippen MR) is 129 cm³/mol. The number of nitrogens with zero attached hydrogens (tertiary/aromatic N) is 3. The molecule has 1 unspecified atom stereocenters. The molecule has 0 radical (unpaired) electrons. The Morgan fingerprint density at radius 1 is 1.14 bits per heavy atom. The largest absolute Gasteiger partial charge is 0.461 e. The molecule has 0 saturated carbocycles. The van der Waals surface area contributed by atoms with Crippen LogP contribution in [-0.4, -0.2) is 121 Å². The predicted octanol–water partition coefficient (Wildman–Crippen LogP) is -0.182. The number of morpholine rings is 1. The van der Waals surface area contributed by atoms with Crippen molar-refractivity contribution in [3.8, 4) is 0 Å². The van der Waals surface area contributed by atoms with E-state index in [0.29, 0.717) is 32.8 Å². The van der Waals surface area contributed by atoms with Gasteiger partial charge in [0.05, 0.1) is 37.9 Å². The van der Waals surface area contributed by atoms with E-state index in [0.717, 1.165) is 19.5 Å². The van der Waals surface area contributed by atoms with Gasteiger partial charge in [-0.3, -0.25) is 19.3 Å². The Morgan fingerprint density at radius 2 is 1.92 bits per heavy atom. The van der Waals surface area contributed by atoms with Gasteiger partial charge in [-0.25, -0.2) is 0 Å². The van der Waals surface area contributed by atoms with Gasteiger partial charge in [0, 0.05) is 32.7 Å². The standard InChI is InChI=1S/C26H37N3O7/c1-3-17(2)18(16-30)29-22-24(32)28(10-9-27-11-14-34-15-12-27)8-5-7-26(22)21(23(29)31)20-19(36-26)6-4-13-35-25(20)33/h4-7,17-22,30H,3,8-16H2,1-2H3/t17-,18-,19-,20+,21-,22?,26-/m0/s1. The van der Waals surface area contributed by atoms with Gasteiger partial charge in [-0.2, -0.15) is 0 Å². The number of hydrogen-bond donors (Lipinski definition) is 1. The lowest BCUT2D eigenvalue weighted by Crippen LogP contribution is -2.59. The molecule has 0 aromatic carbocycles. The molecule has 5 aliphatic rings. The van der Waals surface area contributed by atoms with Crippen LogP contribution in [0.1, 0.15) is 20.3 Å². The summed E-state index contributed by atoms with van der Waals surface area (Å²) in [5.74, 6) is -2.79. The summed E-state index contributed by atoms with van der Waals surface area (Å²) in [6.07, 6.45) is 7.29. The molecule has 3 saturated heterocycles. The lowest BCUT2D eigenvalue weighted by molar-refractivity contribution is -0.155. The van der Waals surface area contributed by atoms with Gasteiger partial charge >= 0.3 is 5.97 Å². The lowest BCUT2D eigenvalue weighted by Gasteiger charge is -2.40. The first kappa shape index (κ1) is 25.4. The highest BCUT2D eigenvalue weighted by Gasteiger charge is 2.72. The van der Waals surface area contributed by atoms with Gasteiger partial charge in [-0.15, -0.1) is 0 Å². The molecule has 5 aliphatic heterocycles. The second-order valence-electron chi connectivity index (χ2n) is 10.4. The number of aliphatic hydroxyl groups is 1. The molecule has 10 nitrogen and oxygen atoms in total. The number of likely N-dealkylation sites (tertiary alicyclic amines) is 1. The van der Waals surface area contributed by atoms with Crippen LogP contribution in [0.3, 0.4) is 0 Å². The Labute approximate surface area is 211 Å². The van der Waals surface area contributed by atoms with E-state index in [-0.39, 0.29) is 30.9 Å². The second kappa shape index (κ2) is 10.2. The number of carbonyl (C=O) groups excluding carboxylic acids is 3. The molecule has 2 amide bonds. The molecule has 0 aromatic rings. The van der Waals surface area contributed by atoms with E-state index in [9.17, 15) is 19.5 Å². The van der Waals surface area contributed by atoms with Crippen LogP contribution in [0.5, 0.6) is 0 Å². The number of cyclic esters (lactones) is 1. The van der Waals surface area contributed by atoms with Crippen molar-refractivity contribution in [1.82, 2.24) is 14.7 Å². The first-order valence-corrected chi connectivity index (χ1v) is 13.1. The maximum absolute atomic E-state index is 14.2. The average Bonchev–Trinajstić information content (AvgIpc) is 3.19. The van der Waals surface area contributed by atoms with Crippen molar-refractivity contribution >= 4 is 17.8 Å². The Bertz CT molecular complexity index is 932. The molecule has 36 heavy (non-hydrogen) atoms. The summed E-state index contributed by atoms with van der Waals surface area (Å²) in [4.78, 5) is 46.9. The summed E-state index contributed by atoms with van der Waals surface area (Å²) in [5, 5.41) is 10.4. The molecular weight excluding hydrogens is 466 g/mol. The van der Waals surface area contributed by atoms with Crippen LogP contribution in [-0.2, 0) is 28.6 Å². The third-order valence-corrected chi connectivity index (χ3v) is 8.57. The SMILES string of the molecule is CC[C@H](C)[C@H](CO)N1C(=O)[C@@H]2[C@@H]3C(=O)OCC=C[C@@H]3O[C@@]23C=CCN(CCN2CCOCC2)C(=O)C13. The molecule has 0 aliphatic carbocycles. The van der Waals surface area contributed by atoms with Crippen LogP contribution in [0.2, 0.25) is 0 Å². The third-order valence-electron chi connectivity index (χ3n) is 8.57. The van der Waals surface area contributed by atoms with Gasteiger partial charge in [0.1, 0.15) is 24.2 Å². The van der Waals surface area contributed by atoms with Crippen molar-refractivity contribution in [2.24, 2.45) is 17.8 Å². The lowest BCUT2D eigenvalue weighted by atomic mass is 9.78. The van der Waals surface area contributed by atoms with Crippen molar-refractivity contribution in [2.45, 2.75) is 44.1 Å². The highest BCUT2D eigenvalue weighted by atomic mass is 16.6. The summed E-state index contributed by atoms with van der Waals surface area (Å²) < 4.78 is 17.3. The number of carbonyl (C=O) groups is 3. The van der Waals surface area contributed by atoms with Crippen LogP contribution in [0.15, 0.2) is 24.3 Å². The van der Waals surface area contributed by atoms with Crippen LogP contribution >= 0.6 is 0 Å². The van der Waals surface area contributed by atoms with E-state index < -0.39 is 41.6 Å². The number of fused-ring (bicyclic) bond motifs is 2. The van der Waals surface area contributed by atoms with Crippen molar-refractivity contribution < 1.29 is 33.7 Å². The maximum atomic E-state index is 14.2. The van der Waals surface area contributed by atoms with Crippen LogP contribution in [0, 0.1) is 17.8 Å². The minimum Gasteiger partial charge on any atom is -0.461 e. The first-order valence-electron chi connectivity index (χ1n) is 13.1. The summed E-state index contributed by atoms with van der Waals surface area (Å²) in [7, 11) is 0. The number of esters is 1. The van der Waals surface area contributed by atoms with Gasteiger partial charge in [0.15, 0.2) is 0 Å². The minimum absolute atomic E-state index is 0.0477. The fourth-order valence-corrected chi connectivity index (χ4v) is 6.41. The van der Waals surface area contributed by atoms with E-state index in [1.165, 1.54) is 4.90 Å².